The second-order valence-corrected chi connectivity index (χ2v) is 4.61. The van der Waals surface area contributed by atoms with E-state index in [1.807, 2.05) is 12.1 Å². The van der Waals surface area contributed by atoms with E-state index in [1.165, 1.54) is 43.4 Å². The molecule has 0 heterocycles. The molecule has 1 aromatic rings. The van der Waals surface area contributed by atoms with Gasteiger partial charge in [-0.05, 0) is 43.5 Å². The molecule has 0 aromatic heterocycles. The van der Waals surface area contributed by atoms with Crippen LogP contribution in [0.4, 0.5) is 11.4 Å². The molecule has 1 aliphatic carbocycles. The molecule has 2 nitrogen and oxygen atoms in total. The zero-order chi connectivity index (χ0) is 10.7. The van der Waals surface area contributed by atoms with Crippen LogP contribution in [0.1, 0.15) is 37.7 Å². The Morgan fingerprint density at radius 2 is 1.87 bits per heavy atom. The predicted molar refractivity (Wildman–Crippen MR) is 66.1 cm³/mol. The van der Waals surface area contributed by atoms with Gasteiger partial charge in [0.25, 0.3) is 0 Å². The van der Waals surface area contributed by atoms with Gasteiger partial charge in [0, 0.05) is 17.4 Å². The predicted octanol–water partition coefficient (Wildman–Crippen LogP) is 3.32. The Morgan fingerprint density at radius 1 is 1.13 bits per heavy atom. The van der Waals surface area contributed by atoms with Crippen molar-refractivity contribution in [3.05, 3.63) is 23.8 Å². The van der Waals surface area contributed by atoms with Gasteiger partial charge in [-0.2, -0.15) is 0 Å². The molecule has 1 saturated carbocycles. The highest BCUT2D eigenvalue weighted by molar-refractivity contribution is 5.57. The molecule has 0 spiro atoms. The minimum Gasteiger partial charge on any atom is -0.399 e. The van der Waals surface area contributed by atoms with E-state index in [9.17, 15) is 0 Å². The van der Waals surface area contributed by atoms with Crippen LogP contribution < -0.4 is 11.1 Å². The van der Waals surface area contributed by atoms with Crippen molar-refractivity contribution >= 4 is 11.4 Å². The molecule has 0 atom stereocenters. The highest BCUT2D eigenvalue weighted by atomic mass is 14.9. The van der Waals surface area contributed by atoms with E-state index in [0.29, 0.717) is 6.04 Å². The van der Waals surface area contributed by atoms with Gasteiger partial charge in [0.2, 0.25) is 0 Å². The van der Waals surface area contributed by atoms with Crippen molar-refractivity contribution in [3.8, 4) is 0 Å². The van der Waals surface area contributed by atoms with Gasteiger partial charge in [0.05, 0.1) is 0 Å². The van der Waals surface area contributed by atoms with Crippen LogP contribution in [-0.4, -0.2) is 6.04 Å². The third-order valence-electron chi connectivity index (χ3n) is 3.08. The van der Waals surface area contributed by atoms with Crippen molar-refractivity contribution in [1.29, 1.82) is 0 Å². The quantitative estimate of drug-likeness (QED) is 0.725. The molecular formula is C13H20N2. The summed E-state index contributed by atoms with van der Waals surface area (Å²) in [4.78, 5) is 0. The molecule has 0 bridgehead atoms. The highest BCUT2D eigenvalue weighted by Crippen LogP contribution is 2.23. The summed E-state index contributed by atoms with van der Waals surface area (Å²) in [6, 6.07) is 6.86. The minimum atomic E-state index is 0.653. The standard InChI is InChI=1S/C13H20N2/c1-10-7-11(14)9-13(8-10)15-12-5-3-2-4-6-12/h7-9,12,15H,2-6,14H2,1H3. The summed E-state index contributed by atoms with van der Waals surface area (Å²) >= 11 is 0. The topological polar surface area (TPSA) is 38.0 Å². The Kier molecular flexibility index (Phi) is 3.14. The number of rotatable bonds is 2. The fourth-order valence-electron chi connectivity index (χ4n) is 2.38. The van der Waals surface area contributed by atoms with E-state index in [1.54, 1.807) is 0 Å². The van der Waals surface area contributed by atoms with Crippen molar-refractivity contribution in [2.45, 2.75) is 45.1 Å². The lowest BCUT2D eigenvalue weighted by Gasteiger charge is -2.24. The Labute approximate surface area is 91.9 Å². The van der Waals surface area contributed by atoms with Gasteiger partial charge in [-0.15, -0.1) is 0 Å². The summed E-state index contributed by atoms with van der Waals surface area (Å²) < 4.78 is 0. The molecule has 0 unspecified atom stereocenters. The molecule has 1 aliphatic rings. The van der Waals surface area contributed by atoms with Crippen LogP contribution >= 0.6 is 0 Å². The number of benzene rings is 1. The van der Waals surface area contributed by atoms with Crippen LogP contribution in [0.15, 0.2) is 18.2 Å². The van der Waals surface area contributed by atoms with Crippen LogP contribution in [0, 0.1) is 6.92 Å². The molecule has 1 fully saturated rings. The molecule has 2 rings (SSSR count). The zero-order valence-electron chi connectivity index (χ0n) is 9.42. The Bertz CT molecular complexity index is 307. The third-order valence-corrected chi connectivity index (χ3v) is 3.08. The van der Waals surface area contributed by atoms with Crippen molar-refractivity contribution in [1.82, 2.24) is 0 Å². The number of anilines is 2. The fourth-order valence-corrected chi connectivity index (χ4v) is 2.38. The van der Waals surface area contributed by atoms with Crippen molar-refractivity contribution in [2.24, 2.45) is 0 Å². The lowest BCUT2D eigenvalue weighted by atomic mass is 9.95. The number of hydrogen-bond donors (Lipinski definition) is 2. The SMILES string of the molecule is Cc1cc(N)cc(NC2CCCCC2)c1. The van der Waals surface area contributed by atoms with E-state index >= 15 is 0 Å². The first-order valence-corrected chi connectivity index (χ1v) is 5.88. The van der Waals surface area contributed by atoms with Crippen molar-refractivity contribution < 1.29 is 0 Å². The summed E-state index contributed by atoms with van der Waals surface area (Å²) in [7, 11) is 0. The third kappa shape index (κ3) is 2.88. The average Bonchev–Trinajstić information content (AvgIpc) is 2.17. The van der Waals surface area contributed by atoms with E-state index in [0.717, 1.165) is 5.69 Å². The second kappa shape index (κ2) is 4.56. The van der Waals surface area contributed by atoms with E-state index in [-0.39, 0.29) is 0 Å². The van der Waals surface area contributed by atoms with Crippen LogP contribution in [-0.2, 0) is 0 Å². The molecule has 1 aromatic carbocycles. The van der Waals surface area contributed by atoms with Crippen LogP contribution in [0.5, 0.6) is 0 Å². The fraction of sp³-hybridized carbons (Fsp3) is 0.538. The number of aryl methyl sites for hydroxylation is 1. The zero-order valence-corrected chi connectivity index (χ0v) is 9.42. The highest BCUT2D eigenvalue weighted by Gasteiger charge is 2.12. The maximum atomic E-state index is 5.82. The summed E-state index contributed by atoms with van der Waals surface area (Å²) in [6.07, 6.45) is 6.72. The number of nitrogens with two attached hydrogens (primary N) is 1. The maximum absolute atomic E-state index is 5.82. The summed E-state index contributed by atoms with van der Waals surface area (Å²) in [5.41, 5.74) is 9.09. The number of hydrogen-bond acceptors (Lipinski definition) is 2. The van der Waals surface area contributed by atoms with Crippen LogP contribution in [0.3, 0.4) is 0 Å². The first-order chi connectivity index (χ1) is 7.24. The molecule has 2 heteroatoms. The van der Waals surface area contributed by atoms with Gasteiger partial charge in [-0.3, -0.25) is 0 Å². The molecule has 15 heavy (non-hydrogen) atoms. The smallest absolute Gasteiger partial charge is 0.0365 e. The van der Waals surface area contributed by atoms with E-state index in [2.05, 4.69) is 18.3 Å². The monoisotopic (exact) mass is 204 g/mol. The molecular weight excluding hydrogens is 184 g/mol. The van der Waals surface area contributed by atoms with E-state index in [4.69, 9.17) is 5.73 Å². The molecule has 3 N–H and O–H groups in total. The van der Waals surface area contributed by atoms with E-state index < -0.39 is 0 Å². The lowest BCUT2D eigenvalue weighted by Crippen LogP contribution is -2.22. The molecule has 0 saturated heterocycles. The van der Waals surface area contributed by atoms with Gasteiger partial charge in [0.15, 0.2) is 0 Å². The largest absolute Gasteiger partial charge is 0.399 e. The summed E-state index contributed by atoms with van der Waals surface area (Å²) in [5, 5.41) is 3.58. The van der Waals surface area contributed by atoms with Gasteiger partial charge in [-0.25, -0.2) is 0 Å². The Balaban J connectivity index is 2.02. The van der Waals surface area contributed by atoms with Gasteiger partial charge in [-0.1, -0.05) is 19.3 Å². The van der Waals surface area contributed by atoms with Crippen LogP contribution in [0.2, 0.25) is 0 Å². The minimum absolute atomic E-state index is 0.653. The Morgan fingerprint density at radius 3 is 2.53 bits per heavy atom. The van der Waals surface area contributed by atoms with Gasteiger partial charge in [0.1, 0.15) is 0 Å². The summed E-state index contributed by atoms with van der Waals surface area (Å²) in [5.74, 6) is 0. The van der Waals surface area contributed by atoms with Crippen LogP contribution in [0.25, 0.3) is 0 Å². The first-order valence-electron chi connectivity index (χ1n) is 5.88. The second-order valence-electron chi connectivity index (χ2n) is 4.61. The van der Waals surface area contributed by atoms with Crippen molar-refractivity contribution in [3.63, 3.8) is 0 Å². The number of nitrogens with one attached hydrogen (secondary N) is 1. The summed E-state index contributed by atoms with van der Waals surface area (Å²) in [6.45, 7) is 2.09. The first kappa shape index (κ1) is 10.3. The van der Waals surface area contributed by atoms with Gasteiger partial charge >= 0.3 is 0 Å². The van der Waals surface area contributed by atoms with Crippen molar-refractivity contribution in [2.75, 3.05) is 11.1 Å². The average molecular weight is 204 g/mol. The Hall–Kier alpha value is -1.18. The maximum Gasteiger partial charge on any atom is 0.0365 e. The molecule has 82 valence electrons. The molecule has 0 amide bonds. The molecule has 0 aliphatic heterocycles. The molecule has 0 radical (unpaired) electrons. The normalized spacial score (nSPS) is 17.7. The number of nitrogen functional groups attached to an aromatic ring is 1. The lowest BCUT2D eigenvalue weighted by molar-refractivity contribution is 0.463. The van der Waals surface area contributed by atoms with Gasteiger partial charge < -0.3 is 11.1 Å².